The van der Waals surface area contributed by atoms with Gasteiger partial charge in [-0.1, -0.05) is 42.8 Å². The Bertz CT molecular complexity index is 1170. The number of halogens is 1. The number of carbonyl (C=O) groups excluding carboxylic acids is 1. The lowest BCUT2D eigenvalue weighted by Gasteiger charge is -2.24. The van der Waals surface area contributed by atoms with Gasteiger partial charge in [0.2, 0.25) is 5.91 Å². The Labute approximate surface area is 192 Å². The normalized spacial score (nSPS) is 11.2. The highest BCUT2D eigenvalue weighted by Crippen LogP contribution is 2.28. The Hall–Kier alpha value is -2.48. The van der Waals surface area contributed by atoms with Crippen molar-refractivity contribution in [2.45, 2.75) is 23.6 Å². The number of rotatable bonds is 8. The SMILES string of the molecule is CCSc1ccccc1NC(=O)CN(c1cccc(C)c1)S(=O)(=O)c1ccc(Cl)cc1. The smallest absolute Gasteiger partial charge is 0.264 e. The fourth-order valence-electron chi connectivity index (χ4n) is 3.00. The summed E-state index contributed by atoms with van der Waals surface area (Å²) >= 11 is 7.53. The molecule has 0 aliphatic heterocycles. The minimum Gasteiger partial charge on any atom is -0.323 e. The molecule has 0 fully saturated rings. The highest BCUT2D eigenvalue weighted by Gasteiger charge is 2.27. The van der Waals surface area contributed by atoms with Crippen molar-refractivity contribution in [3.63, 3.8) is 0 Å². The van der Waals surface area contributed by atoms with Crippen LogP contribution in [0.2, 0.25) is 5.02 Å². The zero-order valence-corrected chi connectivity index (χ0v) is 19.6. The van der Waals surface area contributed by atoms with Gasteiger partial charge in [-0.05, 0) is 66.8 Å². The van der Waals surface area contributed by atoms with Gasteiger partial charge >= 0.3 is 0 Å². The molecule has 8 heteroatoms. The number of hydrogen-bond acceptors (Lipinski definition) is 4. The maximum absolute atomic E-state index is 13.4. The van der Waals surface area contributed by atoms with Gasteiger partial charge in [-0.2, -0.15) is 0 Å². The van der Waals surface area contributed by atoms with Crippen molar-refractivity contribution >= 4 is 50.7 Å². The van der Waals surface area contributed by atoms with Gasteiger partial charge < -0.3 is 5.32 Å². The molecule has 31 heavy (non-hydrogen) atoms. The summed E-state index contributed by atoms with van der Waals surface area (Å²) < 4.78 is 27.9. The Balaban J connectivity index is 1.94. The van der Waals surface area contributed by atoms with Crippen molar-refractivity contribution in [1.82, 2.24) is 0 Å². The third-order valence-corrected chi connectivity index (χ3v) is 7.44. The number of thioether (sulfide) groups is 1. The summed E-state index contributed by atoms with van der Waals surface area (Å²) in [6, 6.07) is 20.4. The predicted octanol–water partition coefficient (Wildman–Crippen LogP) is 5.59. The van der Waals surface area contributed by atoms with Gasteiger partial charge in [0.25, 0.3) is 10.0 Å². The van der Waals surface area contributed by atoms with E-state index in [4.69, 9.17) is 11.6 Å². The van der Waals surface area contributed by atoms with Crippen molar-refractivity contribution in [3.05, 3.63) is 83.4 Å². The summed E-state index contributed by atoms with van der Waals surface area (Å²) in [6.07, 6.45) is 0. The van der Waals surface area contributed by atoms with E-state index in [1.54, 1.807) is 36.0 Å². The summed E-state index contributed by atoms with van der Waals surface area (Å²) in [5, 5.41) is 3.29. The molecule has 0 heterocycles. The number of anilines is 2. The molecular weight excluding hydrogens is 452 g/mol. The molecule has 0 aromatic heterocycles. The van der Waals surface area contributed by atoms with E-state index in [0.717, 1.165) is 20.5 Å². The molecule has 3 rings (SSSR count). The number of hydrogen-bond donors (Lipinski definition) is 1. The Kier molecular flexibility index (Phi) is 7.64. The second-order valence-electron chi connectivity index (χ2n) is 6.78. The van der Waals surface area contributed by atoms with Crippen LogP contribution in [0.5, 0.6) is 0 Å². The maximum Gasteiger partial charge on any atom is 0.264 e. The number of benzene rings is 3. The van der Waals surface area contributed by atoms with E-state index in [1.807, 2.05) is 38.1 Å². The minimum absolute atomic E-state index is 0.0631. The molecule has 162 valence electrons. The van der Waals surface area contributed by atoms with Crippen LogP contribution in [0.25, 0.3) is 0 Å². The van der Waals surface area contributed by atoms with Gasteiger partial charge in [-0.3, -0.25) is 9.10 Å². The molecule has 0 aliphatic carbocycles. The summed E-state index contributed by atoms with van der Waals surface area (Å²) in [4.78, 5) is 13.9. The van der Waals surface area contributed by atoms with Crippen LogP contribution in [-0.2, 0) is 14.8 Å². The zero-order chi connectivity index (χ0) is 22.4. The third-order valence-electron chi connectivity index (χ3n) is 4.44. The highest BCUT2D eigenvalue weighted by atomic mass is 35.5. The van der Waals surface area contributed by atoms with Gasteiger partial charge in [-0.25, -0.2) is 8.42 Å². The van der Waals surface area contributed by atoms with Gasteiger partial charge in [0.1, 0.15) is 6.54 Å². The van der Waals surface area contributed by atoms with Crippen molar-refractivity contribution in [3.8, 4) is 0 Å². The zero-order valence-electron chi connectivity index (χ0n) is 17.2. The van der Waals surface area contributed by atoms with Gasteiger partial charge in [0, 0.05) is 9.92 Å². The number of amides is 1. The van der Waals surface area contributed by atoms with E-state index < -0.39 is 15.9 Å². The fourth-order valence-corrected chi connectivity index (χ4v) is 5.30. The number of nitrogens with zero attached hydrogens (tertiary/aromatic N) is 1. The van der Waals surface area contributed by atoms with Crippen molar-refractivity contribution in [1.29, 1.82) is 0 Å². The van der Waals surface area contributed by atoms with Crippen LogP contribution >= 0.6 is 23.4 Å². The lowest BCUT2D eigenvalue weighted by Crippen LogP contribution is -2.38. The number of sulfonamides is 1. The first kappa shape index (κ1) is 23.2. The second kappa shape index (κ2) is 10.2. The molecule has 3 aromatic rings. The Morgan fingerprint density at radius 2 is 1.74 bits per heavy atom. The molecule has 0 unspecified atom stereocenters. The van der Waals surface area contributed by atoms with Crippen LogP contribution in [0.4, 0.5) is 11.4 Å². The molecule has 0 saturated carbocycles. The second-order valence-corrected chi connectivity index (χ2v) is 10.4. The number of para-hydroxylation sites is 1. The summed E-state index contributed by atoms with van der Waals surface area (Å²) in [5.41, 5.74) is 1.97. The number of nitrogens with one attached hydrogen (secondary N) is 1. The van der Waals surface area contributed by atoms with Crippen LogP contribution in [0, 0.1) is 6.92 Å². The van der Waals surface area contributed by atoms with Crippen molar-refractivity contribution < 1.29 is 13.2 Å². The molecule has 1 N–H and O–H groups in total. The predicted molar refractivity (Wildman–Crippen MR) is 129 cm³/mol. The molecule has 0 atom stereocenters. The van der Waals surface area contributed by atoms with Crippen LogP contribution in [-0.4, -0.2) is 26.6 Å². The molecule has 0 saturated heterocycles. The average molecular weight is 475 g/mol. The molecule has 1 amide bonds. The molecule has 0 radical (unpaired) electrons. The quantitative estimate of drug-likeness (QED) is 0.432. The van der Waals surface area contributed by atoms with E-state index >= 15 is 0 Å². The Morgan fingerprint density at radius 1 is 1.03 bits per heavy atom. The lowest BCUT2D eigenvalue weighted by molar-refractivity contribution is -0.114. The van der Waals surface area contributed by atoms with E-state index in [0.29, 0.717) is 16.4 Å². The first-order valence-electron chi connectivity index (χ1n) is 9.68. The minimum atomic E-state index is -3.99. The molecule has 5 nitrogen and oxygen atoms in total. The summed E-state index contributed by atoms with van der Waals surface area (Å²) in [6.45, 7) is 3.54. The van der Waals surface area contributed by atoms with Gasteiger partial charge in [-0.15, -0.1) is 11.8 Å². The molecular formula is C23H23ClN2O3S2. The number of aryl methyl sites for hydroxylation is 1. The van der Waals surface area contributed by atoms with Crippen LogP contribution in [0.1, 0.15) is 12.5 Å². The van der Waals surface area contributed by atoms with E-state index in [9.17, 15) is 13.2 Å². The van der Waals surface area contributed by atoms with Gasteiger partial charge in [0.15, 0.2) is 0 Å². The first-order valence-corrected chi connectivity index (χ1v) is 12.5. The Morgan fingerprint density at radius 3 is 2.42 bits per heavy atom. The van der Waals surface area contributed by atoms with Crippen LogP contribution in [0.3, 0.4) is 0 Å². The first-order chi connectivity index (χ1) is 14.8. The van der Waals surface area contributed by atoms with Crippen molar-refractivity contribution in [2.24, 2.45) is 0 Å². The topological polar surface area (TPSA) is 66.5 Å². The molecule has 0 spiro atoms. The van der Waals surface area contributed by atoms with E-state index in [2.05, 4.69) is 5.32 Å². The lowest BCUT2D eigenvalue weighted by atomic mass is 10.2. The van der Waals surface area contributed by atoms with E-state index in [1.165, 1.54) is 24.3 Å². The van der Waals surface area contributed by atoms with Gasteiger partial charge in [0.05, 0.1) is 16.3 Å². The standard InChI is InChI=1S/C23H23ClN2O3S2/c1-3-30-22-10-5-4-9-21(22)25-23(27)16-26(19-8-6-7-17(2)15-19)31(28,29)20-13-11-18(24)12-14-20/h4-15H,3,16H2,1-2H3,(H,25,27). The van der Waals surface area contributed by atoms with Crippen molar-refractivity contribution in [2.75, 3.05) is 21.9 Å². The molecule has 3 aromatic carbocycles. The fraction of sp³-hybridized carbons (Fsp3) is 0.174. The molecule has 0 aliphatic rings. The summed E-state index contributed by atoms with van der Waals surface area (Å²) in [7, 11) is -3.99. The van der Waals surface area contributed by atoms with Crippen LogP contribution in [0.15, 0.2) is 82.6 Å². The number of carbonyl (C=O) groups is 1. The monoisotopic (exact) mass is 474 g/mol. The average Bonchev–Trinajstić information content (AvgIpc) is 2.74. The maximum atomic E-state index is 13.4. The highest BCUT2D eigenvalue weighted by molar-refractivity contribution is 7.99. The van der Waals surface area contributed by atoms with Crippen LogP contribution < -0.4 is 9.62 Å². The third kappa shape index (κ3) is 5.81. The largest absolute Gasteiger partial charge is 0.323 e. The molecule has 0 bridgehead atoms. The summed E-state index contributed by atoms with van der Waals surface area (Å²) in [5.74, 6) is 0.427. The van der Waals surface area contributed by atoms with E-state index in [-0.39, 0.29) is 11.4 Å².